The van der Waals surface area contributed by atoms with Crippen molar-refractivity contribution < 1.29 is 4.79 Å². The van der Waals surface area contributed by atoms with Crippen molar-refractivity contribution >= 4 is 23.5 Å². The summed E-state index contributed by atoms with van der Waals surface area (Å²) in [5, 5.41) is 10.3. The van der Waals surface area contributed by atoms with Gasteiger partial charge in [-0.05, 0) is 19.8 Å². The number of thioether (sulfide) groups is 1. The van der Waals surface area contributed by atoms with Gasteiger partial charge in [0, 0.05) is 18.8 Å². The van der Waals surface area contributed by atoms with Crippen molar-refractivity contribution in [3.63, 3.8) is 0 Å². The van der Waals surface area contributed by atoms with E-state index in [4.69, 9.17) is 0 Å². The lowest BCUT2D eigenvalue weighted by Gasteiger charge is -2.19. The van der Waals surface area contributed by atoms with Crippen LogP contribution in [-0.2, 0) is 11.8 Å². The van der Waals surface area contributed by atoms with Crippen LogP contribution < -0.4 is 10.9 Å². The Morgan fingerprint density at radius 2 is 1.92 bits per heavy atom. The molecule has 2 aromatic rings. The Labute approximate surface area is 156 Å². The van der Waals surface area contributed by atoms with Crippen LogP contribution in [0.1, 0.15) is 66.6 Å². The largest absolute Gasteiger partial charge is 0.310 e. The molecule has 3 heterocycles. The zero-order valence-electron chi connectivity index (χ0n) is 15.2. The van der Waals surface area contributed by atoms with Gasteiger partial charge in [0.25, 0.3) is 5.56 Å². The van der Waals surface area contributed by atoms with E-state index in [2.05, 4.69) is 15.5 Å². The maximum Gasteiger partial charge on any atom is 0.270 e. The smallest absolute Gasteiger partial charge is 0.270 e. The van der Waals surface area contributed by atoms with Crippen molar-refractivity contribution in [3.8, 4) is 0 Å². The van der Waals surface area contributed by atoms with Crippen molar-refractivity contribution in [2.45, 2.75) is 56.7 Å². The number of rotatable bonds is 2. The molecule has 1 aliphatic heterocycles. The second-order valence-corrected chi connectivity index (χ2v) is 8.39. The highest BCUT2D eigenvalue weighted by Gasteiger charge is 2.33. The summed E-state index contributed by atoms with van der Waals surface area (Å²) < 4.78 is 3.70. The molecule has 1 aliphatic carbocycles. The molecule has 0 bridgehead atoms. The number of nitrogens with one attached hydrogen (secondary N) is 2. The molecule has 26 heavy (non-hydrogen) atoms. The number of amides is 1. The second kappa shape index (κ2) is 6.98. The number of hydrogen-bond acceptors (Lipinski definition) is 4. The summed E-state index contributed by atoms with van der Waals surface area (Å²) in [7, 11) is 1.88. The predicted octanol–water partition coefficient (Wildman–Crippen LogP) is 2.89. The first-order chi connectivity index (χ1) is 12.5. The van der Waals surface area contributed by atoms with Gasteiger partial charge in [0.05, 0.1) is 28.3 Å². The molecule has 8 heteroatoms. The number of fused-ring (bicyclic) bond motifs is 1. The number of carbonyl (C=O) groups is 1. The fraction of sp³-hybridized carbons (Fsp3) is 0.611. The molecule has 140 valence electrons. The Hall–Kier alpha value is -1.96. The van der Waals surface area contributed by atoms with E-state index in [-0.39, 0.29) is 22.8 Å². The highest BCUT2D eigenvalue weighted by molar-refractivity contribution is 8.00. The van der Waals surface area contributed by atoms with Crippen LogP contribution in [0.5, 0.6) is 0 Å². The van der Waals surface area contributed by atoms with Gasteiger partial charge in [0.2, 0.25) is 5.91 Å². The quantitative estimate of drug-likeness (QED) is 0.791. The van der Waals surface area contributed by atoms with Crippen molar-refractivity contribution in [2.75, 3.05) is 11.1 Å². The van der Waals surface area contributed by atoms with Crippen LogP contribution in [0.2, 0.25) is 0 Å². The number of aromatic amines is 1. The lowest BCUT2D eigenvalue weighted by atomic mass is 10.1. The van der Waals surface area contributed by atoms with Crippen molar-refractivity contribution in [3.05, 3.63) is 33.4 Å². The Kier molecular flexibility index (Phi) is 4.69. The third kappa shape index (κ3) is 3.11. The second-order valence-electron chi connectivity index (χ2n) is 7.30. The minimum absolute atomic E-state index is 0.0540. The minimum Gasteiger partial charge on any atom is -0.310 e. The summed E-state index contributed by atoms with van der Waals surface area (Å²) in [6.45, 7) is 1.95. The van der Waals surface area contributed by atoms with E-state index < -0.39 is 0 Å². The van der Waals surface area contributed by atoms with Gasteiger partial charge in [0.1, 0.15) is 5.82 Å². The Morgan fingerprint density at radius 1 is 1.19 bits per heavy atom. The fourth-order valence-corrected chi connectivity index (χ4v) is 5.34. The number of hydrogen-bond donors (Lipinski definition) is 2. The van der Waals surface area contributed by atoms with Crippen LogP contribution >= 0.6 is 11.8 Å². The molecule has 4 rings (SSSR count). The van der Waals surface area contributed by atoms with Crippen molar-refractivity contribution in [1.29, 1.82) is 0 Å². The van der Waals surface area contributed by atoms with Crippen LogP contribution in [-0.4, -0.2) is 31.2 Å². The molecule has 2 aromatic heterocycles. The maximum atomic E-state index is 12.9. The van der Waals surface area contributed by atoms with Crippen LogP contribution in [0.3, 0.4) is 0 Å². The summed E-state index contributed by atoms with van der Waals surface area (Å²) >= 11 is 1.49. The topological polar surface area (TPSA) is 84.7 Å². The van der Waals surface area contributed by atoms with Crippen LogP contribution in [0.4, 0.5) is 5.82 Å². The molecule has 1 saturated carbocycles. The summed E-state index contributed by atoms with van der Waals surface area (Å²) in [4.78, 5) is 25.2. The van der Waals surface area contributed by atoms with Gasteiger partial charge in [-0.3, -0.25) is 24.1 Å². The number of nitrogens with zero attached hydrogens (tertiary/aromatic N) is 3. The van der Waals surface area contributed by atoms with Gasteiger partial charge in [0.15, 0.2) is 0 Å². The SMILES string of the molecule is Cc1nn(C)cc1C1SCC(=O)Nc2c1c(=O)[nH]n2C1CCCCCC1. The van der Waals surface area contributed by atoms with Gasteiger partial charge in [-0.25, -0.2) is 0 Å². The Bertz CT molecular complexity index is 873. The van der Waals surface area contributed by atoms with Gasteiger partial charge in [-0.2, -0.15) is 5.10 Å². The molecule has 0 spiro atoms. The van der Waals surface area contributed by atoms with E-state index in [1.54, 1.807) is 4.68 Å². The molecule has 7 nitrogen and oxygen atoms in total. The number of carbonyl (C=O) groups excluding carboxylic acids is 1. The molecule has 2 aliphatic rings. The minimum atomic E-state index is -0.187. The molecular weight excluding hydrogens is 350 g/mol. The average molecular weight is 375 g/mol. The number of aromatic nitrogens is 4. The molecule has 1 unspecified atom stereocenters. The van der Waals surface area contributed by atoms with Gasteiger partial charge in [-0.1, -0.05) is 25.7 Å². The molecule has 0 saturated heterocycles. The first-order valence-electron chi connectivity index (χ1n) is 9.30. The monoisotopic (exact) mass is 375 g/mol. The molecule has 1 fully saturated rings. The molecule has 0 aromatic carbocycles. The van der Waals surface area contributed by atoms with Crippen LogP contribution in [0.15, 0.2) is 11.0 Å². The summed E-state index contributed by atoms with van der Waals surface area (Å²) in [5.41, 5.74) is 2.44. The first-order valence-corrected chi connectivity index (χ1v) is 10.4. The molecule has 0 radical (unpaired) electrons. The van der Waals surface area contributed by atoms with E-state index >= 15 is 0 Å². The molecule has 1 amide bonds. The lowest BCUT2D eigenvalue weighted by Crippen LogP contribution is -2.19. The summed E-state index contributed by atoms with van der Waals surface area (Å²) in [6, 6.07) is 0.244. The van der Waals surface area contributed by atoms with Crippen LogP contribution in [0, 0.1) is 6.92 Å². The number of aryl methyl sites for hydroxylation is 2. The standard InChI is InChI=1S/C18H25N5O2S/c1-11-13(9-22(2)20-11)16-15-17(19-14(24)10-26-16)23(21-18(15)25)12-7-5-3-4-6-8-12/h9,12,16H,3-8,10H2,1-2H3,(H,19,24)(H,21,25). The third-order valence-electron chi connectivity index (χ3n) is 5.39. The number of H-pyrrole nitrogens is 1. The van der Waals surface area contributed by atoms with Crippen molar-refractivity contribution in [2.24, 2.45) is 7.05 Å². The first kappa shape index (κ1) is 17.5. The lowest BCUT2D eigenvalue weighted by molar-refractivity contribution is -0.113. The summed E-state index contributed by atoms with van der Waals surface area (Å²) in [5.74, 6) is 0.935. The molecule has 1 atom stereocenters. The van der Waals surface area contributed by atoms with E-state index in [1.165, 1.54) is 24.6 Å². The average Bonchev–Trinajstić information content (AvgIpc) is 2.92. The van der Waals surface area contributed by atoms with Crippen LogP contribution in [0.25, 0.3) is 0 Å². The Balaban J connectivity index is 1.82. The Morgan fingerprint density at radius 3 is 2.58 bits per heavy atom. The van der Waals surface area contributed by atoms with Crippen molar-refractivity contribution in [1.82, 2.24) is 19.6 Å². The zero-order valence-corrected chi connectivity index (χ0v) is 16.1. The highest BCUT2D eigenvalue weighted by Crippen LogP contribution is 2.42. The third-order valence-corrected chi connectivity index (χ3v) is 6.64. The molecular formula is C18H25N5O2S. The van der Waals surface area contributed by atoms with E-state index in [0.29, 0.717) is 17.1 Å². The summed E-state index contributed by atoms with van der Waals surface area (Å²) in [6.07, 6.45) is 8.83. The highest BCUT2D eigenvalue weighted by atomic mass is 32.2. The molecule has 2 N–H and O–H groups in total. The van der Waals surface area contributed by atoms with E-state index in [0.717, 1.165) is 36.9 Å². The number of anilines is 1. The maximum absolute atomic E-state index is 12.9. The normalized spacial score (nSPS) is 21.8. The predicted molar refractivity (Wildman–Crippen MR) is 103 cm³/mol. The van der Waals surface area contributed by atoms with Gasteiger partial charge < -0.3 is 5.32 Å². The zero-order chi connectivity index (χ0) is 18.3. The van der Waals surface area contributed by atoms with E-state index in [1.807, 2.05) is 24.9 Å². The fourth-order valence-electron chi connectivity index (χ4n) is 4.15. The van der Waals surface area contributed by atoms with E-state index in [9.17, 15) is 9.59 Å². The van der Waals surface area contributed by atoms with Gasteiger partial charge in [-0.15, -0.1) is 11.8 Å². The van der Waals surface area contributed by atoms with Gasteiger partial charge >= 0.3 is 0 Å².